The number of alkyl halides is 2. The number of hydrogen-bond acceptors (Lipinski definition) is 2. The van der Waals surface area contributed by atoms with Crippen LogP contribution in [0.4, 0.5) is 27.6 Å². The van der Waals surface area contributed by atoms with E-state index < -0.39 is 24.0 Å². The van der Waals surface area contributed by atoms with Crippen molar-refractivity contribution in [2.45, 2.75) is 26.9 Å². The van der Waals surface area contributed by atoms with Crippen molar-refractivity contribution in [1.29, 1.82) is 0 Å². The molecular weight excluding hydrogens is 365 g/mol. The summed E-state index contributed by atoms with van der Waals surface area (Å²) in [6, 6.07) is 6.47. The van der Waals surface area contributed by atoms with E-state index in [4.69, 9.17) is 0 Å². The summed E-state index contributed by atoms with van der Waals surface area (Å²) in [6.07, 6.45) is 1.07. The lowest BCUT2D eigenvalue weighted by atomic mass is 10.1. The molecule has 0 aliphatic rings. The number of nitrogens with zero attached hydrogens (tertiary/aromatic N) is 2. The average molecular weight is 381 g/mol. The van der Waals surface area contributed by atoms with Crippen LogP contribution >= 0.6 is 0 Å². The molecule has 1 N–H and O–H groups in total. The minimum atomic E-state index is -2.82. The van der Waals surface area contributed by atoms with E-state index >= 15 is 0 Å². The molecule has 0 amide bonds. The second-order valence-corrected chi connectivity index (χ2v) is 6.14. The molecule has 0 aliphatic carbocycles. The second kappa shape index (κ2) is 7.38. The summed E-state index contributed by atoms with van der Waals surface area (Å²) < 4.78 is 68.1. The summed E-state index contributed by atoms with van der Waals surface area (Å²) in [5, 5.41) is 6.41. The van der Waals surface area contributed by atoms with E-state index in [0.29, 0.717) is 15.9 Å². The zero-order chi connectivity index (χ0) is 19.7. The van der Waals surface area contributed by atoms with Crippen LogP contribution in [0.25, 0.3) is 11.1 Å². The number of rotatable bonds is 5. The van der Waals surface area contributed by atoms with Gasteiger partial charge >= 0.3 is 6.55 Å². The van der Waals surface area contributed by atoms with Crippen LogP contribution in [-0.2, 0) is 6.54 Å². The molecule has 0 fully saturated rings. The van der Waals surface area contributed by atoms with Crippen LogP contribution in [0.5, 0.6) is 0 Å². The van der Waals surface area contributed by atoms with Gasteiger partial charge < -0.3 is 5.32 Å². The monoisotopic (exact) mass is 381 g/mol. The lowest BCUT2D eigenvalue weighted by Gasteiger charge is -2.11. The highest BCUT2D eigenvalue weighted by atomic mass is 19.3. The van der Waals surface area contributed by atoms with Gasteiger partial charge in [0.25, 0.3) is 0 Å². The molecule has 3 rings (SSSR count). The lowest BCUT2D eigenvalue weighted by Crippen LogP contribution is -2.05. The first-order valence-corrected chi connectivity index (χ1v) is 8.08. The molecule has 0 saturated heterocycles. The fraction of sp³-hybridized carbons (Fsp3) is 0.211. The molecule has 3 aromatic rings. The zero-order valence-electron chi connectivity index (χ0n) is 14.5. The van der Waals surface area contributed by atoms with Gasteiger partial charge in [-0.2, -0.15) is 13.9 Å². The normalized spacial score (nSPS) is 11.3. The fourth-order valence-electron chi connectivity index (χ4n) is 2.78. The maximum Gasteiger partial charge on any atom is 0.333 e. The predicted octanol–water partition coefficient (Wildman–Crippen LogP) is 5.59. The number of aromatic nitrogens is 2. The average Bonchev–Trinajstić information content (AvgIpc) is 2.96. The molecule has 0 unspecified atom stereocenters. The SMILES string of the molecule is Cc1cc(F)c(CNc2ccc(-c3cn(C(F)F)nc3C)c(F)c2)c(F)c1. The van der Waals surface area contributed by atoms with Crippen molar-refractivity contribution in [3.63, 3.8) is 0 Å². The maximum absolute atomic E-state index is 14.5. The summed E-state index contributed by atoms with van der Waals surface area (Å²) in [5.41, 5.74) is 1.23. The zero-order valence-corrected chi connectivity index (χ0v) is 14.5. The molecule has 0 bridgehead atoms. The Labute approximate surface area is 152 Å². The highest BCUT2D eigenvalue weighted by Gasteiger charge is 2.16. The van der Waals surface area contributed by atoms with Crippen molar-refractivity contribution in [3.05, 3.63) is 70.8 Å². The third-order valence-electron chi connectivity index (χ3n) is 4.13. The molecule has 8 heteroatoms. The predicted molar refractivity (Wildman–Crippen MR) is 92.0 cm³/mol. The molecule has 142 valence electrons. The molecule has 27 heavy (non-hydrogen) atoms. The van der Waals surface area contributed by atoms with Crippen molar-refractivity contribution >= 4 is 5.69 Å². The Hall–Kier alpha value is -2.90. The van der Waals surface area contributed by atoms with E-state index in [-0.39, 0.29) is 28.9 Å². The van der Waals surface area contributed by atoms with Gasteiger partial charge in [-0.1, -0.05) is 0 Å². The van der Waals surface area contributed by atoms with Crippen molar-refractivity contribution < 1.29 is 22.0 Å². The molecular formula is C19H16F5N3. The summed E-state index contributed by atoms with van der Waals surface area (Å²) in [6.45, 7) is 0.0954. The summed E-state index contributed by atoms with van der Waals surface area (Å²) in [4.78, 5) is 0. The van der Waals surface area contributed by atoms with Gasteiger partial charge in [0.1, 0.15) is 17.5 Å². The van der Waals surface area contributed by atoms with E-state index in [0.717, 1.165) is 12.3 Å². The molecule has 0 aliphatic heterocycles. The first kappa shape index (κ1) is 18.9. The minimum Gasteiger partial charge on any atom is -0.381 e. The number of hydrogen-bond donors (Lipinski definition) is 1. The second-order valence-electron chi connectivity index (χ2n) is 6.14. The number of nitrogens with one attached hydrogen (secondary N) is 1. The minimum absolute atomic E-state index is 0.109. The Morgan fingerprint density at radius 2 is 1.63 bits per heavy atom. The van der Waals surface area contributed by atoms with E-state index in [9.17, 15) is 22.0 Å². The lowest BCUT2D eigenvalue weighted by molar-refractivity contribution is 0.0563. The van der Waals surface area contributed by atoms with Crippen molar-refractivity contribution in [3.8, 4) is 11.1 Å². The van der Waals surface area contributed by atoms with Crippen LogP contribution in [-0.4, -0.2) is 9.78 Å². The van der Waals surface area contributed by atoms with Gasteiger partial charge in [-0.25, -0.2) is 17.9 Å². The third-order valence-corrected chi connectivity index (χ3v) is 4.13. The summed E-state index contributed by atoms with van der Waals surface area (Å²) in [7, 11) is 0. The largest absolute Gasteiger partial charge is 0.381 e. The molecule has 0 saturated carbocycles. The topological polar surface area (TPSA) is 29.9 Å². The smallest absolute Gasteiger partial charge is 0.333 e. The first-order chi connectivity index (χ1) is 12.8. The Kier molecular flexibility index (Phi) is 5.16. The van der Waals surface area contributed by atoms with Gasteiger partial charge in [0.05, 0.1) is 5.69 Å². The molecule has 1 aromatic heterocycles. The van der Waals surface area contributed by atoms with Gasteiger partial charge in [0, 0.05) is 35.1 Å². The Balaban J connectivity index is 1.82. The molecule has 3 nitrogen and oxygen atoms in total. The van der Waals surface area contributed by atoms with Gasteiger partial charge in [-0.15, -0.1) is 0 Å². The van der Waals surface area contributed by atoms with Crippen molar-refractivity contribution in [1.82, 2.24) is 9.78 Å². The quantitative estimate of drug-likeness (QED) is 0.584. The van der Waals surface area contributed by atoms with Gasteiger partial charge in [-0.05, 0) is 49.7 Å². The van der Waals surface area contributed by atoms with Crippen LogP contribution < -0.4 is 5.32 Å². The van der Waals surface area contributed by atoms with Crippen molar-refractivity contribution in [2.24, 2.45) is 0 Å². The molecule has 0 spiro atoms. The van der Waals surface area contributed by atoms with Crippen LogP contribution in [0, 0.1) is 31.3 Å². The Morgan fingerprint density at radius 1 is 0.963 bits per heavy atom. The number of aryl methyl sites for hydroxylation is 2. The third kappa shape index (κ3) is 3.94. The van der Waals surface area contributed by atoms with E-state index in [1.54, 1.807) is 6.92 Å². The number of anilines is 1. The fourth-order valence-corrected chi connectivity index (χ4v) is 2.78. The van der Waals surface area contributed by atoms with Gasteiger partial charge in [0.15, 0.2) is 0 Å². The summed E-state index contributed by atoms with van der Waals surface area (Å²) in [5.74, 6) is -2.04. The standard InChI is InChI=1S/C19H16F5N3/c1-10-5-16(20)14(17(21)6-10)8-25-12-3-4-13(18(22)7-12)15-9-27(19(23)24)26-11(15)2/h3-7,9,19,25H,8H2,1-2H3. The van der Waals surface area contributed by atoms with Gasteiger partial charge in [0.2, 0.25) is 0 Å². The maximum atomic E-state index is 14.5. The van der Waals surface area contributed by atoms with E-state index in [1.807, 2.05) is 0 Å². The van der Waals surface area contributed by atoms with Gasteiger partial charge in [-0.3, -0.25) is 0 Å². The van der Waals surface area contributed by atoms with Crippen molar-refractivity contribution in [2.75, 3.05) is 5.32 Å². The number of halogens is 5. The molecule has 0 atom stereocenters. The van der Waals surface area contributed by atoms with E-state index in [2.05, 4.69) is 10.4 Å². The number of benzene rings is 2. The summed E-state index contributed by atoms with van der Waals surface area (Å²) >= 11 is 0. The molecule has 2 aromatic carbocycles. The van der Waals surface area contributed by atoms with Crippen LogP contribution in [0.2, 0.25) is 0 Å². The van der Waals surface area contributed by atoms with E-state index in [1.165, 1.54) is 31.2 Å². The van der Waals surface area contributed by atoms with Crippen LogP contribution in [0.15, 0.2) is 36.5 Å². The molecule has 0 radical (unpaired) electrons. The van der Waals surface area contributed by atoms with Crippen LogP contribution in [0.3, 0.4) is 0 Å². The Morgan fingerprint density at radius 3 is 2.19 bits per heavy atom. The molecule has 1 heterocycles. The van der Waals surface area contributed by atoms with Crippen LogP contribution in [0.1, 0.15) is 23.4 Å². The Bertz CT molecular complexity index is 958. The highest BCUT2D eigenvalue weighted by Crippen LogP contribution is 2.29. The highest BCUT2D eigenvalue weighted by molar-refractivity contribution is 5.68. The first-order valence-electron chi connectivity index (χ1n) is 8.08.